The van der Waals surface area contributed by atoms with Gasteiger partial charge in [-0.15, -0.1) is 0 Å². The number of nitrogens with one attached hydrogen (secondary N) is 2. The van der Waals surface area contributed by atoms with Crippen molar-refractivity contribution in [1.29, 1.82) is 0 Å². The molecule has 0 aromatic carbocycles. The van der Waals surface area contributed by atoms with Crippen LogP contribution in [-0.2, 0) is 9.36 Å². The molecule has 0 bridgehead atoms. The third kappa shape index (κ3) is 9.76. The Bertz CT molecular complexity index is 317. The summed E-state index contributed by atoms with van der Waals surface area (Å²) in [6.07, 6.45) is 0.0319. The van der Waals surface area contributed by atoms with Crippen molar-refractivity contribution in [2.75, 3.05) is 12.8 Å². The van der Waals surface area contributed by atoms with Crippen LogP contribution in [0.5, 0.6) is 0 Å². The highest BCUT2D eigenvalue weighted by atomic mass is 31.2. The summed E-state index contributed by atoms with van der Waals surface area (Å²) >= 11 is 0. The second-order valence-electron chi connectivity index (χ2n) is 3.42. The Morgan fingerprint density at radius 3 is 2.29 bits per heavy atom. The van der Waals surface area contributed by atoms with Crippen LogP contribution in [0, 0.1) is 0 Å². The number of hydrogen-bond acceptors (Lipinski definition) is 4. The minimum atomic E-state index is -4.22. The van der Waals surface area contributed by atoms with Crippen molar-refractivity contribution in [2.45, 2.75) is 18.9 Å². The fourth-order valence-electron chi connectivity index (χ4n) is 1.09. The number of hydrogen-bond donors (Lipinski definition) is 6. The van der Waals surface area contributed by atoms with Crippen LogP contribution in [0.4, 0.5) is 4.79 Å². The summed E-state index contributed by atoms with van der Waals surface area (Å²) in [4.78, 5) is 38.5. The Labute approximate surface area is 98.1 Å². The van der Waals surface area contributed by atoms with E-state index in [0.29, 0.717) is 6.42 Å². The van der Waals surface area contributed by atoms with Crippen molar-refractivity contribution < 1.29 is 23.9 Å². The third-order valence-electron chi connectivity index (χ3n) is 1.86. The van der Waals surface area contributed by atoms with E-state index in [1.807, 2.05) is 0 Å². The average molecular weight is 268 g/mol. The molecule has 0 aromatic rings. The lowest BCUT2D eigenvalue weighted by molar-refractivity contribution is -0.120. The second kappa shape index (κ2) is 7.23. The van der Waals surface area contributed by atoms with E-state index in [2.05, 4.69) is 10.6 Å². The van der Waals surface area contributed by atoms with Gasteiger partial charge in [0.15, 0.2) is 0 Å². The van der Waals surface area contributed by atoms with Gasteiger partial charge in [0.1, 0.15) is 0 Å². The number of amides is 3. The summed E-state index contributed by atoms with van der Waals surface area (Å²) in [6, 6.07) is -1.53. The van der Waals surface area contributed by atoms with Crippen molar-refractivity contribution in [3.8, 4) is 0 Å². The van der Waals surface area contributed by atoms with Crippen LogP contribution < -0.4 is 22.1 Å². The maximum Gasteiger partial charge on any atom is 0.339 e. The minimum Gasteiger partial charge on any atom is -0.368 e. The fourth-order valence-corrected chi connectivity index (χ4v) is 1.55. The van der Waals surface area contributed by atoms with Gasteiger partial charge in [0.2, 0.25) is 5.91 Å². The molecule has 0 radical (unpaired) electrons. The van der Waals surface area contributed by atoms with Gasteiger partial charge < -0.3 is 26.6 Å². The number of urea groups is 1. The second-order valence-corrected chi connectivity index (χ2v) is 5.06. The first-order valence-corrected chi connectivity index (χ1v) is 6.62. The van der Waals surface area contributed by atoms with Crippen molar-refractivity contribution in [3.05, 3.63) is 0 Å². The highest BCUT2D eigenvalue weighted by molar-refractivity contribution is 7.51. The number of carbonyl (C=O) groups excluding carboxylic acids is 2. The van der Waals surface area contributed by atoms with Gasteiger partial charge in [0.05, 0.1) is 12.3 Å². The summed E-state index contributed by atoms with van der Waals surface area (Å²) in [6.45, 7) is 0.261. The first-order valence-electron chi connectivity index (χ1n) is 4.83. The summed E-state index contributed by atoms with van der Waals surface area (Å²) in [7, 11) is -4.22. The molecule has 0 saturated heterocycles. The van der Waals surface area contributed by atoms with Gasteiger partial charge in [-0.2, -0.15) is 0 Å². The van der Waals surface area contributed by atoms with Crippen LogP contribution in [0.2, 0.25) is 0 Å². The van der Waals surface area contributed by atoms with Crippen molar-refractivity contribution >= 4 is 19.5 Å². The molecule has 9 nitrogen and oxygen atoms in total. The van der Waals surface area contributed by atoms with Gasteiger partial charge >= 0.3 is 13.6 Å². The Hall–Kier alpha value is -1.15. The maximum atomic E-state index is 10.9. The topological polar surface area (TPSA) is 168 Å². The van der Waals surface area contributed by atoms with Crippen LogP contribution in [0.3, 0.4) is 0 Å². The highest BCUT2D eigenvalue weighted by Gasteiger charge is 2.19. The SMILES string of the molecule is NC(=O)NCCC[C@H](NCP(=O)(O)O)C(N)=O. The van der Waals surface area contributed by atoms with E-state index < -0.39 is 31.9 Å². The van der Waals surface area contributed by atoms with Crippen LogP contribution >= 0.6 is 7.60 Å². The molecular formula is C7H17N4O5P. The molecule has 0 heterocycles. The zero-order valence-electron chi connectivity index (χ0n) is 9.13. The molecule has 8 N–H and O–H groups in total. The molecule has 0 fully saturated rings. The zero-order chi connectivity index (χ0) is 13.5. The predicted molar refractivity (Wildman–Crippen MR) is 59.8 cm³/mol. The van der Waals surface area contributed by atoms with Gasteiger partial charge in [0.25, 0.3) is 0 Å². The summed E-state index contributed by atoms with van der Waals surface area (Å²) in [5.41, 5.74) is 9.87. The Balaban J connectivity index is 3.96. The number of rotatable bonds is 8. The van der Waals surface area contributed by atoms with E-state index in [0.717, 1.165) is 0 Å². The lowest BCUT2D eigenvalue weighted by Crippen LogP contribution is -2.42. The number of primary amides is 2. The minimum absolute atomic E-state index is 0.246. The fraction of sp³-hybridized carbons (Fsp3) is 0.714. The molecule has 0 aliphatic rings. The third-order valence-corrected chi connectivity index (χ3v) is 2.45. The molecule has 0 aromatic heterocycles. The standard InChI is InChI=1S/C7H17N4O5P/c8-6(12)5(11-4-17(14,15)16)2-1-3-10-7(9)13/h5,11H,1-4H2,(H2,8,12)(H3,9,10,13)(H2,14,15,16)/t5-/m0/s1. The highest BCUT2D eigenvalue weighted by Crippen LogP contribution is 2.32. The van der Waals surface area contributed by atoms with Gasteiger partial charge in [-0.25, -0.2) is 4.79 Å². The molecule has 0 aliphatic carbocycles. The van der Waals surface area contributed by atoms with Crippen molar-refractivity contribution in [1.82, 2.24) is 10.6 Å². The maximum absolute atomic E-state index is 10.9. The molecule has 3 amide bonds. The van der Waals surface area contributed by atoms with E-state index in [1.165, 1.54) is 0 Å². The molecule has 1 atom stereocenters. The van der Waals surface area contributed by atoms with E-state index >= 15 is 0 Å². The molecule has 0 spiro atoms. The largest absolute Gasteiger partial charge is 0.368 e. The van der Waals surface area contributed by atoms with E-state index in [1.54, 1.807) is 0 Å². The van der Waals surface area contributed by atoms with Gasteiger partial charge in [-0.1, -0.05) is 0 Å². The Kier molecular flexibility index (Phi) is 6.74. The normalized spacial score (nSPS) is 13.1. The van der Waals surface area contributed by atoms with Crippen molar-refractivity contribution in [3.63, 3.8) is 0 Å². The van der Waals surface area contributed by atoms with Crippen LogP contribution in [0.1, 0.15) is 12.8 Å². The first kappa shape index (κ1) is 15.9. The van der Waals surface area contributed by atoms with Gasteiger partial charge in [0, 0.05) is 6.54 Å². The van der Waals surface area contributed by atoms with Crippen molar-refractivity contribution in [2.24, 2.45) is 11.5 Å². The van der Waals surface area contributed by atoms with E-state index in [-0.39, 0.29) is 13.0 Å². The molecule has 10 heteroatoms. The van der Waals surface area contributed by atoms with Gasteiger partial charge in [-0.05, 0) is 12.8 Å². The summed E-state index contributed by atoms with van der Waals surface area (Å²) in [5.74, 6) is -0.711. The molecule has 17 heavy (non-hydrogen) atoms. The smallest absolute Gasteiger partial charge is 0.339 e. The van der Waals surface area contributed by atoms with Crippen LogP contribution in [-0.4, -0.2) is 40.6 Å². The Morgan fingerprint density at radius 2 is 1.88 bits per heavy atom. The lowest BCUT2D eigenvalue weighted by atomic mass is 10.1. The molecule has 0 saturated carbocycles. The average Bonchev–Trinajstić information content (AvgIpc) is 2.13. The lowest BCUT2D eigenvalue weighted by Gasteiger charge is -2.15. The molecule has 0 unspecified atom stereocenters. The molecular weight excluding hydrogens is 251 g/mol. The zero-order valence-corrected chi connectivity index (χ0v) is 10.0. The molecule has 0 rings (SSSR count). The molecule has 100 valence electrons. The summed E-state index contributed by atoms with van der Waals surface area (Å²) in [5, 5.41) is 4.68. The number of nitrogens with two attached hydrogens (primary N) is 2. The quantitative estimate of drug-likeness (QED) is 0.220. The van der Waals surface area contributed by atoms with E-state index in [4.69, 9.17) is 21.3 Å². The monoisotopic (exact) mass is 268 g/mol. The van der Waals surface area contributed by atoms with Crippen LogP contribution in [0.25, 0.3) is 0 Å². The summed E-state index contributed by atoms with van der Waals surface area (Å²) < 4.78 is 10.6. The predicted octanol–water partition coefficient (Wildman–Crippen LogP) is -1.99. The Morgan fingerprint density at radius 1 is 1.29 bits per heavy atom. The van der Waals surface area contributed by atoms with E-state index in [9.17, 15) is 14.2 Å². The first-order chi connectivity index (χ1) is 7.72. The molecule has 0 aliphatic heterocycles. The number of carbonyl (C=O) groups is 2. The van der Waals surface area contributed by atoms with Gasteiger partial charge in [-0.3, -0.25) is 14.7 Å². The van der Waals surface area contributed by atoms with Crippen LogP contribution in [0.15, 0.2) is 0 Å².